The number of aryl methyl sites for hydroxylation is 1. The Balaban J connectivity index is 1.93. The first-order valence-corrected chi connectivity index (χ1v) is 8.50. The van der Waals surface area contributed by atoms with Crippen molar-refractivity contribution in [3.63, 3.8) is 0 Å². The van der Waals surface area contributed by atoms with Gasteiger partial charge in [-0.15, -0.1) is 0 Å². The van der Waals surface area contributed by atoms with E-state index in [0.717, 1.165) is 11.5 Å². The molecular weight excluding hydrogens is 292 g/mol. The Labute approximate surface area is 139 Å². The molecule has 1 aliphatic carbocycles. The van der Waals surface area contributed by atoms with E-state index < -0.39 is 11.7 Å². The predicted octanol–water partition coefficient (Wildman–Crippen LogP) is 3.44. The molecule has 0 radical (unpaired) electrons. The molecule has 2 N–H and O–H groups in total. The molecule has 1 aliphatic rings. The van der Waals surface area contributed by atoms with Gasteiger partial charge in [-0.05, 0) is 46.5 Å². The molecule has 1 saturated carbocycles. The SMILES string of the molecule is CC(NCc1cnn(C)c1NC(=O)OC(C)(C)C)C1CCCC1. The van der Waals surface area contributed by atoms with Crippen LogP contribution in [0.25, 0.3) is 0 Å². The Kier molecular flexibility index (Phi) is 5.68. The third kappa shape index (κ3) is 5.23. The van der Waals surface area contributed by atoms with Gasteiger partial charge in [-0.3, -0.25) is 10.00 Å². The topological polar surface area (TPSA) is 68.2 Å². The average Bonchev–Trinajstić information content (AvgIpc) is 3.06. The first kappa shape index (κ1) is 17.8. The molecular formula is C17H30N4O2. The zero-order valence-corrected chi connectivity index (χ0v) is 15.0. The molecule has 1 unspecified atom stereocenters. The largest absolute Gasteiger partial charge is 0.444 e. The van der Waals surface area contributed by atoms with E-state index in [4.69, 9.17) is 4.74 Å². The van der Waals surface area contributed by atoms with Crippen molar-refractivity contribution in [3.05, 3.63) is 11.8 Å². The zero-order valence-electron chi connectivity index (χ0n) is 15.0. The van der Waals surface area contributed by atoms with E-state index in [2.05, 4.69) is 22.7 Å². The van der Waals surface area contributed by atoms with Crippen molar-refractivity contribution in [2.45, 2.75) is 71.6 Å². The van der Waals surface area contributed by atoms with E-state index in [1.54, 1.807) is 10.9 Å². The summed E-state index contributed by atoms with van der Waals surface area (Å²) in [7, 11) is 1.82. The second kappa shape index (κ2) is 7.34. The summed E-state index contributed by atoms with van der Waals surface area (Å²) in [6, 6.07) is 0.479. The number of hydrogen-bond donors (Lipinski definition) is 2. The van der Waals surface area contributed by atoms with E-state index in [0.29, 0.717) is 18.4 Å². The van der Waals surface area contributed by atoms with E-state index in [1.165, 1.54) is 25.7 Å². The summed E-state index contributed by atoms with van der Waals surface area (Å²) >= 11 is 0. The molecule has 6 nitrogen and oxygen atoms in total. The normalized spacial score (nSPS) is 17.3. The number of nitrogens with zero attached hydrogens (tertiary/aromatic N) is 2. The minimum absolute atomic E-state index is 0.453. The fourth-order valence-electron chi connectivity index (χ4n) is 3.07. The molecule has 6 heteroatoms. The van der Waals surface area contributed by atoms with Gasteiger partial charge < -0.3 is 10.1 Å². The molecule has 2 rings (SSSR count). The second-order valence-electron chi connectivity index (χ2n) is 7.48. The van der Waals surface area contributed by atoms with Crippen LogP contribution in [0.4, 0.5) is 10.6 Å². The summed E-state index contributed by atoms with van der Waals surface area (Å²) in [6.45, 7) is 8.48. The Bertz CT molecular complexity index is 527. The fraction of sp³-hybridized carbons (Fsp3) is 0.765. The lowest BCUT2D eigenvalue weighted by molar-refractivity contribution is 0.0634. The maximum atomic E-state index is 12.0. The number of ether oxygens (including phenoxy) is 1. The van der Waals surface area contributed by atoms with Crippen LogP contribution in [0.2, 0.25) is 0 Å². The molecule has 0 aromatic carbocycles. The van der Waals surface area contributed by atoms with Gasteiger partial charge in [0.25, 0.3) is 0 Å². The standard InChI is InChI=1S/C17H30N4O2/c1-12(13-8-6-7-9-13)18-10-14-11-19-21(5)15(14)20-16(22)23-17(2,3)4/h11-13,18H,6-10H2,1-5H3,(H,20,22). The third-order valence-electron chi connectivity index (χ3n) is 4.36. The third-order valence-corrected chi connectivity index (χ3v) is 4.36. The van der Waals surface area contributed by atoms with Crippen LogP contribution in [0, 0.1) is 5.92 Å². The monoisotopic (exact) mass is 322 g/mol. The summed E-state index contributed by atoms with van der Waals surface area (Å²) in [5.74, 6) is 1.44. The van der Waals surface area contributed by atoms with Gasteiger partial charge >= 0.3 is 6.09 Å². The Morgan fingerprint density at radius 2 is 2.09 bits per heavy atom. The minimum Gasteiger partial charge on any atom is -0.444 e. The van der Waals surface area contributed by atoms with Gasteiger partial charge in [0, 0.05) is 25.2 Å². The van der Waals surface area contributed by atoms with Crippen LogP contribution in [-0.2, 0) is 18.3 Å². The van der Waals surface area contributed by atoms with Crippen molar-refractivity contribution >= 4 is 11.9 Å². The molecule has 1 amide bonds. The highest BCUT2D eigenvalue weighted by Crippen LogP contribution is 2.28. The lowest BCUT2D eigenvalue weighted by atomic mass is 10.00. The molecule has 0 spiro atoms. The van der Waals surface area contributed by atoms with Crippen LogP contribution in [0.5, 0.6) is 0 Å². The van der Waals surface area contributed by atoms with Gasteiger partial charge in [-0.1, -0.05) is 12.8 Å². The Morgan fingerprint density at radius 3 is 2.70 bits per heavy atom. The molecule has 1 aromatic rings. The molecule has 0 saturated heterocycles. The van der Waals surface area contributed by atoms with Crippen LogP contribution in [0.1, 0.15) is 58.9 Å². The number of carbonyl (C=O) groups excluding carboxylic acids is 1. The maximum Gasteiger partial charge on any atom is 0.413 e. The number of rotatable bonds is 5. The molecule has 0 aliphatic heterocycles. The molecule has 1 fully saturated rings. The van der Waals surface area contributed by atoms with Crippen LogP contribution < -0.4 is 10.6 Å². The van der Waals surface area contributed by atoms with Crippen molar-refractivity contribution in [2.24, 2.45) is 13.0 Å². The van der Waals surface area contributed by atoms with Gasteiger partial charge in [0.15, 0.2) is 0 Å². The molecule has 130 valence electrons. The summed E-state index contributed by atoms with van der Waals surface area (Å²) in [5.41, 5.74) is 0.459. The minimum atomic E-state index is -0.516. The van der Waals surface area contributed by atoms with Crippen molar-refractivity contribution in [3.8, 4) is 0 Å². The molecule has 1 heterocycles. The van der Waals surface area contributed by atoms with Gasteiger partial charge in [0.2, 0.25) is 0 Å². The van der Waals surface area contributed by atoms with Crippen molar-refractivity contribution in [2.75, 3.05) is 5.32 Å². The summed E-state index contributed by atoms with van der Waals surface area (Å²) < 4.78 is 6.98. The highest BCUT2D eigenvalue weighted by molar-refractivity contribution is 5.84. The predicted molar refractivity (Wildman–Crippen MR) is 91.3 cm³/mol. The van der Waals surface area contributed by atoms with Gasteiger partial charge in [0.05, 0.1) is 6.20 Å². The van der Waals surface area contributed by atoms with E-state index in [-0.39, 0.29) is 0 Å². The number of carbonyl (C=O) groups is 1. The smallest absolute Gasteiger partial charge is 0.413 e. The van der Waals surface area contributed by atoms with Crippen LogP contribution in [-0.4, -0.2) is 27.5 Å². The number of anilines is 1. The maximum absolute atomic E-state index is 12.0. The van der Waals surface area contributed by atoms with Crippen LogP contribution in [0.3, 0.4) is 0 Å². The number of nitrogens with one attached hydrogen (secondary N) is 2. The van der Waals surface area contributed by atoms with Gasteiger partial charge in [-0.2, -0.15) is 5.10 Å². The molecule has 23 heavy (non-hydrogen) atoms. The first-order chi connectivity index (χ1) is 10.8. The molecule has 1 atom stereocenters. The lowest BCUT2D eigenvalue weighted by Crippen LogP contribution is -2.32. The Hall–Kier alpha value is -1.56. The highest BCUT2D eigenvalue weighted by Gasteiger charge is 2.22. The van der Waals surface area contributed by atoms with E-state index in [1.807, 2.05) is 27.8 Å². The second-order valence-corrected chi connectivity index (χ2v) is 7.48. The van der Waals surface area contributed by atoms with E-state index >= 15 is 0 Å². The van der Waals surface area contributed by atoms with E-state index in [9.17, 15) is 4.79 Å². The van der Waals surface area contributed by atoms with Gasteiger partial charge in [0.1, 0.15) is 11.4 Å². The first-order valence-electron chi connectivity index (χ1n) is 8.50. The van der Waals surface area contributed by atoms with Crippen LogP contribution in [0.15, 0.2) is 6.20 Å². The number of aromatic nitrogens is 2. The fourth-order valence-corrected chi connectivity index (χ4v) is 3.07. The lowest BCUT2D eigenvalue weighted by Gasteiger charge is -2.21. The molecule has 1 aromatic heterocycles. The van der Waals surface area contributed by atoms with Crippen molar-refractivity contribution < 1.29 is 9.53 Å². The zero-order chi connectivity index (χ0) is 17.0. The average molecular weight is 322 g/mol. The number of hydrogen-bond acceptors (Lipinski definition) is 4. The van der Waals surface area contributed by atoms with Crippen molar-refractivity contribution in [1.82, 2.24) is 15.1 Å². The highest BCUT2D eigenvalue weighted by atomic mass is 16.6. The molecule has 0 bridgehead atoms. The quantitative estimate of drug-likeness (QED) is 0.871. The van der Waals surface area contributed by atoms with Gasteiger partial charge in [-0.25, -0.2) is 4.79 Å². The number of amides is 1. The van der Waals surface area contributed by atoms with Crippen LogP contribution >= 0.6 is 0 Å². The van der Waals surface area contributed by atoms with Crippen molar-refractivity contribution in [1.29, 1.82) is 0 Å². The summed E-state index contributed by atoms with van der Waals surface area (Å²) in [6.07, 6.45) is 6.64. The Morgan fingerprint density at radius 1 is 1.43 bits per heavy atom. The summed E-state index contributed by atoms with van der Waals surface area (Å²) in [5, 5.41) is 10.6. The summed E-state index contributed by atoms with van der Waals surface area (Å²) in [4.78, 5) is 12.0.